The third kappa shape index (κ3) is 3.46. The lowest BCUT2D eigenvalue weighted by atomic mass is 9.87. The van der Waals surface area contributed by atoms with Crippen molar-refractivity contribution in [3.8, 4) is 0 Å². The van der Waals surface area contributed by atoms with Crippen molar-refractivity contribution >= 4 is 23.0 Å². The Morgan fingerprint density at radius 3 is 2.83 bits per heavy atom. The Balaban J connectivity index is 1.40. The van der Waals surface area contributed by atoms with Crippen molar-refractivity contribution < 1.29 is 4.74 Å². The number of hydrogen-bond donors (Lipinski definition) is 1. The fourth-order valence-electron chi connectivity index (χ4n) is 4.80. The molecule has 4 heterocycles. The van der Waals surface area contributed by atoms with Crippen LogP contribution in [0, 0.1) is 5.92 Å². The Kier molecular flexibility index (Phi) is 4.46. The molecule has 29 heavy (non-hydrogen) atoms. The largest absolute Gasteiger partial charge is 0.381 e. The highest BCUT2D eigenvalue weighted by molar-refractivity contribution is 5.70. The molecule has 152 valence electrons. The molecule has 0 aliphatic carbocycles. The summed E-state index contributed by atoms with van der Waals surface area (Å²) in [6, 6.07) is 12.8. The lowest BCUT2D eigenvalue weighted by molar-refractivity contribution is 0.0661. The summed E-state index contributed by atoms with van der Waals surface area (Å²) in [5.41, 5.74) is 5.98. The summed E-state index contributed by atoms with van der Waals surface area (Å²) in [4.78, 5) is 7.03. The molecule has 0 radical (unpaired) electrons. The van der Waals surface area contributed by atoms with E-state index in [9.17, 15) is 0 Å². The van der Waals surface area contributed by atoms with Gasteiger partial charge in [0.05, 0.1) is 0 Å². The van der Waals surface area contributed by atoms with Gasteiger partial charge in [0.25, 0.3) is 0 Å². The van der Waals surface area contributed by atoms with Crippen LogP contribution in [0.25, 0.3) is 5.65 Å². The van der Waals surface area contributed by atoms with E-state index in [1.54, 1.807) is 0 Å². The van der Waals surface area contributed by atoms with Crippen molar-refractivity contribution in [2.75, 3.05) is 37.0 Å². The average Bonchev–Trinajstić information content (AvgIpc) is 3.21. The van der Waals surface area contributed by atoms with Gasteiger partial charge in [-0.15, -0.1) is 5.10 Å². The Labute approximate surface area is 171 Å². The minimum atomic E-state index is 0.184. The first-order valence-electron chi connectivity index (χ1n) is 10.5. The van der Waals surface area contributed by atoms with Gasteiger partial charge < -0.3 is 15.0 Å². The average molecular weight is 392 g/mol. The van der Waals surface area contributed by atoms with Gasteiger partial charge in [0.2, 0.25) is 5.95 Å². The van der Waals surface area contributed by atoms with E-state index in [0.717, 1.165) is 50.4 Å². The molecule has 5 rings (SSSR count). The molecule has 6 nitrogen and oxygen atoms in total. The molecule has 0 atom stereocenters. The van der Waals surface area contributed by atoms with Gasteiger partial charge in [0.1, 0.15) is 0 Å². The van der Waals surface area contributed by atoms with Crippen LogP contribution >= 0.6 is 0 Å². The van der Waals surface area contributed by atoms with Gasteiger partial charge in [-0.25, -0.2) is 4.52 Å². The fourth-order valence-corrected chi connectivity index (χ4v) is 4.80. The molecular formula is C23H29N5O. The number of benzene rings is 1. The maximum absolute atomic E-state index is 5.50. The molecule has 1 fully saturated rings. The third-order valence-electron chi connectivity index (χ3n) is 6.30. The molecule has 2 aromatic heterocycles. The monoisotopic (exact) mass is 391 g/mol. The van der Waals surface area contributed by atoms with Crippen molar-refractivity contribution in [1.82, 2.24) is 14.6 Å². The second-order valence-corrected chi connectivity index (χ2v) is 9.08. The minimum Gasteiger partial charge on any atom is -0.381 e. The van der Waals surface area contributed by atoms with Crippen LogP contribution in [-0.2, 0) is 16.6 Å². The van der Waals surface area contributed by atoms with Crippen molar-refractivity contribution in [2.45, 2.75) is 38.5 Å². The second kappa shape index (κ2) is 7.02. The fraction of sp³-hybridized carbons (Fsp3) is 0.478. The van der Waals surface area contributed by atoms with Crippen LogP contribution in [0.1, 0.15) is 37.9 Å². The molecule has 1 aromatic carbocycles. The van der Waals surface area contributed by atoms with Gasteiger partial charge in [-0.2, -0.15) is 4.98 Å². The number of rotatable bonds is 4. The summed E-state index contributed by atoms with van der Waals surface area (Å²) in [6.45, 7) is 7.37. The van der Waals surface area contributed by atoms with E-state index < -0.39 is 0 Å². The van der Waals surface area contributed by atoms with Crippen LogP contribution in [0.5, 0.6) is 0 Å². The SMILES string of the molecule is CN1CC(C)(C)c2ccc(Nc3nc4cccc(CC5CCOCC5)n4n3)cc21. The molecule has 0 amide bonds. The van der Waals surface area contributed by atoms with Crippen LogP contribution < -0.4 is 10.2 Å². The highest BCUT2D eigenvalue weighted by Gasteiger charge is 2.33. The van der Waals surface area contributed by atoms with E-state index in [1.165, 1.54) is 16.9 Å². The number of aromatic nitrogens is 3. The number of anilines is 3. The molecule has 3 aromatic rings. The van der Waals surface area contributed by atoms with E-state index in [2.05, 4.69) is 61.4 Å². The number of pyridine rings is 1. The normalized spacial score (nSPS) is 18.9. The highest BCUT2D eigenvalue weighted by atomic mass is 16.5. The number of fused-ring (bicyclic) bond motifs is 2. The van der Waals surface area contributed by atoms with Crippen molar-refractivity contribution in [1.29, 1.82) is 0 Å². The molecule has 0 saturated carbocycles. The van der Waals surface area contributed by atoms with Gasteiger partial charge in [-0.3, -0.25) is 0 Å². The summed E-state index contributed by atoms with van der Waals surface area (Å²) in [5, 5.41) is 8.18. The predicted molar refractivity (Wildman–Crippen MR) is 116 cm³/mol. The maximum Gasteiger partial charge on any atom is 0.247 e. The lowest BCUT2D eigenvalue weighted by Crippen LogP contribution is -2.24. The number of likely N-dealkylation sites (N-methyl/N-ethyl adjacent to an activating group) is 1. The van der Waals surface area contributed by atoms with Crippen molar-refractivity contribution in [3.63, 3.8) is 0 Å². The van der Waals surface area contributed by atoms with Gasteiger partial charge in [0.15, 0.2) is 5.65 Å². The van der Waals surface area contributed by atoms with Crippen LogP contribution in [0.3, 0.4) is 0 Å². The van der Waals surface area contributed by atoms with E-state index in [1.807, 2.05) is 10.6 Å². The molecule has 0 spiro atoms. The maximum atomic E-state index is 5.50. The molecule has 2 aliphatic rings. The molecule has 0 bridgehead atoms. The molecule has 0 unspecified atom stereocenters. The number of nitrogens with one attached hydrogen (secondary N) is 1. The molecular weight excluding hydrogens is 362 g/mol. The van der Waals surface area contributed by atoms with Gasteiger partial charge in [-0.05, 0) is 55.0 Å². The number of hydrogen-bond acceptors (Lipinski definition) is 5. The Morgan fingerprint density at radius 1 is 1.17 bits per heavy atom. The third-order valence-corrected chi connectivity index (χ3v) is 6.30. The quantitative estimate of drug-likeness (QED) is 0.723. The topological polar surface area (TPSA) is 54.7 Å². The van der Waals surface area contributed by atoms with Gasteiger partial charge in [0, 0.05) is 49.3 Å². The van der Waals surface area contributed by atoms with E-state index in [0.29, 0.717) is 11.9 Å². The lowest BCUT2D eigenvalue weighted by Gasteiger charge is -2.21. The van der Waals surface area contributed by atoms with E-state index in [-0.39, 0.29) is 5.41 Å². The van der Waals surface area contributed by atoms with Gasteiger partial charge >= 0.3 is 0 Å². The second-order valence-electron chi connectivity index (χ2n) is 9.08. The first kappa shape index (κ1) is 18.4. The first-order chi connectivity index (χ1) is 14.0. The summed E-state index contributed by atoms with van der Waals surface area (Å²) >= 11 is 0. The zero-order valence-corrected chi connectivity index (χ0v) is 17.5. The number of ether oxygens (including phenoxy) is 1. The first-order valence-corrected chi connectivity index (χ1v) is 10.5. The Morgan fingerprint density at radius 2 is 2.00 bits per heavy atom. The van der Waals surface area contributed by atoms with E-state index in [4.69, 9.17) is 14.8 Å². The number of nitrogens with zero attached hydrogens (tertiary/aromatic N) is 4. The van der Waals surface area contributed by atoms with Crippen molar-refractivity contribution in [3.05, 3.63) is 47.7 Å². The van der Waals surface area contributed by atoms with Crippen LogP contribution in [-0.4, -0.2) is 41.4 Å². The standard InChI is InChI=1S/C23H29N5O/c1-23(2)15-27(3)20-14-17(7-8-19(20)23)24-22-25-21-6-4-5-18(28(21)26-22)13-16-9-11-29-12-10-16/h4-8,14,16H,9-13,15H2,1-3H3,(H,24,26). The van der Waals surface area contributed by atoms with Crippen LogP contribution in [0.4, 0.5) is 17.3 Å². The Hall–Kier alpha value is -2.60. The zero-order valence-electron chi connectivity index (χ0n) is 17.5. The molecule has 6 heteroatoms. The summed E-state index contributed by atoms with van der Waals surface area (Å²) < 4.78 is 7.49. The molecule has 1 N–H and O–H groups in total. The summed E-state index contributed by atoms with van der Waals surface area (Å²) in [7, 11) is 2.16. The van der Waals surface area contributed by atoms with Crippen molar-refractivity contribution in [2.24, 2.45) is 5.92 Å². The Bertz CT molecular complexity index is 1030. The molecule has 2 aliphatic heterocycles. The van der Waals surface area contributed by atoms with Crippen LogP contribution in [0.15, 0.2) is 36.4 Å². The van der Waals surface area contributed by atoms with Gasteiger partial charge in [-0.1, -0.05) is 26.0 Å². The zero-order chi connectivity index (χ0) is 20.0. The predicted octanol–water partition coefficient (Wildman–Crippen LogP) is 4.17. The van der Waals surface area contributed by atoms with E-state index >= 15 is 0 Å². The summed E-state index contributed by atoms with van der Waals surface area (Å²) in [5.74, 6) is 1.30. The smallest absolute Gasteiger partial charge is 0.247 e. The molecule has 1 saturated heterocycles. The minimum absolute atomic E-state index is 0.184. The summed E-state index contributed by atoms with van der Waals surface area (Å²) in [6.07, 6.45) is 3.26. The highest BCUT2D eigenvalue weighted by Crippen LogP contribution is 2.41. The van der Waals surface area contributed by atoms with Crippen LogP contribution in [0.2, 0.25) is 0 Å².